The second kappa shape index (κ2) is 5.83. The summed E-state index contributed by atoms with van der Waals surface area (Å²) in [6.07, 6.45) is 0. The lowest BCUT2D eigenvalue weighted by molar-refractivity contribution is 0.0697. The normalized spacial score (nSPS) is 12.8. The monoisotopic (exact) mass is 374 g/mol. The molecule has 4 rings (SSSR count). The summed E-state index contributed by atoms with van der Waals surface area (Å²) >= 11 is 0. The number of hydrogen-bond donors (Lipinski definition) is 2. The Morgan fingerprint density at radius 2 is 1.93 bits per heavy atom. The van der Waals surface area contributed by atoms with Crippen LogP contribution in [0, 0.1) is 17.5 Å². The molecule has 9 heteroatoms. The third kappa shape index (κ3) is 2.54. The first-order valence-corrected chi connectivity index (χ1v) is 8.00. The fourth-order valence-corrected chi connectivity index (χ4v) is 3.14. The lowest BCUT2D eigenvalue weighted by atomic mass is 10.1. The highest BCUT2D eigenvalue weighted by molar-refractivity contribution is 5.92. The topological polar surface area (TPSA) is 83.8 Å². The summed E-state index contributed by atoms with van der Waals surface area (Å²) in [6, 6.07) is 4.98. The van der Waals surface area contributed by atoms with Crippen LogP contribution in [0.3, 0.4) is 0 Å². The zero-order valence-corrected chi connectivity index (χ0v) is 14.2. The van der Waals surface area contributed by atoms with Crippen molar-refractivity contribution in [1.29, 1.82) is 0 Å². The Morgan fingerprint density at radius 3 is 2.63 bits per heavy atom. The molecular weight excluding hydrogens is 361 g/mol. The maximum atomic E-state index is 13.9. The van der Waals surface area contributed by atoms with E-state index in [0.29, 0.717) is 22.9 Å². The van der Waals surface area contributed by atoms with E-state index in [1.54, 1.807) is 24.6 Å². The number of carboxylic acids is 1. The fraction of sp³-hybridized carbons (Fsp3) is 0.167. The summed E-state index contributed by atoms with van der Waals surface area (Å²) in [4.78, 5) is 22.3. The molecule has 0 aliphatic carbocycles. The number of carboxylic acid groups (broad SMARTS) is 1. The smallest absolute Gasteiger partial charge is 0.335 e. The molecule has 0 amide bonds. The number of aryl methyl sites for hydroxylation is 1. The van der Waals surface area contributed by atoms with Crippen molar-refractivity contribution in [2.75, 3.05) is 0 Å². The van der Waals surface area contributed by atoms with Crippen LogP contribution in [-0.4, -0.2) is 30.6 Å². The molecule has 0 spiro atoms. The van der Waals surface area contributed by atoms with Crippen molar-refractivity contribution >= 4 is 28.0 Å². The highest BCUT2D eigenvalue weighted by Crippen LogP contribution is 2.29. The number of imidazole rings is 2. The molecule has 0 saturated carbocycles. The molecule has 27 heavy (non-hydrogen) atoms. The van der Waals surface area contributed by atoms with Gasteiger partial charge in [0.15, 0.2) is 17.5 Å². The third-order valence-electron chi connectivity index (χ3n) is 4.59. The Hall–Kier alpha value is -3.36. The van der Waals surface area contributed by atoms with Gasteiger partial charge in [0.2, 0.25) is 0 Å². The number of rotatable bonds is 3. The van der Waals surface area contributed by atoms with Crippen LogP contribution in [-0.2, 0) is 7.05 Å². The number of nitrogens with zero attached hydrogens (tertiary/aromatic N) is 3. The number of aromatic nitrogens is 4. The first kappa shape index (κ1) is 17.1. The summed E-state index contributed by atoms with van der Waals surface area (Å²) < 4.78 is 43.0. The Balaban J connectivity index is 1.85. The number of fused-ring (bicyclic) bond motifs is 2. The predicted octanol–water partition coefficient (Wildman–Crippen LogP) is 3.72. The van der Waals surface area contributed by atoms with Gasteiger partial charge in [-0.2, -0.15) is 0 Å². The molecule has 0 aliphatic rings. The van der Waals surface area contributed by atoms with Gasteiger partial charge in [-0.05, 0) is 25.1 Å². The van der Waals surface area contributed by atoms with Crippen molar-refractivity contribution in [3.8, 4) is 0 Å². The van der Waals surface area contributed by atoms with Crippen LogP contribution in [0.15, 0.2) is 24.3 Å². The lowest BCUT2D eigenvalue weighted by Gasteiger charge is -2.08. The summed E-state index contributed by atoms with van der Waals surface area (Å²) in [5.41, 5.74) is 0.650. The van der Waals surface area contributed by atoms with Gasteiger partial charge >= 0.3 is 5.97 Å². The zero-order chi connectivity index (χ0) is 19.5. The molecule has 6 nitrogen and oxygen atoms in total. The molecular formula is C18H13F3N4O2. The van der Waals surface area contributed by atoms with Crippen molar-refractivity contribution < 1.29 is 23.1 Å². The lowest BCUT2D eigenvalue weighted by Crippen LogP contribution is -2.06. The van der Waals surface area contributed by atoms with E-state index in [1.807, 2.05) is 0 Å². The van der Waals surface area contributed by atoms with Crippen molar-refractivity contribution in [1.82, 2.24) is 19.5 Å². The molecule has 2 N–H and O–H groups in total. The number of carbonyl (C=O) groups is 1. The standard InChI is InChI=1S/C18H13F3N4O2/c1-7(16-23-14-10(20)6-9(19)13(21)15(14)24-16)17-22-11-4-3-8(18(26)27)5-12(11)25(17)2/h3-7H,1-2H3,(H,23,24)(H,26,27). The highest BCUT2D eigenvalue weighted by atomic mass is 19.2. The van der Waals surface area contributed by atoms with Crippen LogP contribution in [0.2, 0.25) is 0 Å². The van der Waals surface area contributed by atoms with Crippen molar-refractivity contribution in [3.63, 3.8) is 0 Å². The largest absolute Gasteiger partial charge is 0.478 e. The van der Waals surface area contributed by atoms with E-state index < -0.39 is 29.3 Å². The first-order valence-electron chi connectivity index (χ1n) is 8.00. The van der Waals surface area contributed by atoms with Crippen LogP contribution in [0.4, 0.5) is 13.2 Å². The minimum absolute atomic E-state index is 0.119. The molecule has 2 aromatic heterocycles. The Kier molecular flexibility index (Phi) is 3.69. The van der Waals surface area contributed by atoms with Crippen molar-refractivity contribution in [3.05, 3.63) is 58.9 Å². The van der Waals surface area contributed by atoms with Gasteiger partial charge in [-0.25, -0.2) is 27.9 Å². The number of hydrogen-bond acceptors (Lipinski definition) is 3. The van der Waals surface area contributed by atoms with E-state index in [0.717, 1.165) is 0 Å². The number of halogens is 3. The van der Waals surface area contributed by atoms with Gasteiger partial charge in [-0.15, -0.1) is 0 Å². The average molecular weight is 374 g/mol. The molecule has 0 fully saturated rings. The van der Waals surface area contributed by atoms with Crippen LogP contribution < -0.4 is 0 Å². The van der Waals surface area contributed by atoms with E-state index in [9.17, 15) is 18.0 Å². The van der Waals surface area contributed by atoms with Gasteiger partial charge in [0.05, 0.1) is 22.5 Å². The SMILES string of the molecule is CC(c1nc2c(F)cc(F)c(F)c2[nH]1)c1nc2ccc(C(=O)O)cc2n1C. The van der Waals surface area contributed by atoms with Crippen LogP contribution in [0.5, 0.6) is 0 Å². The van der Waals surface area contributed by atoms with Gasteiger partial charge in [0.1, 0.15) is 22.7 Å². The average Bonchev–Trinajstić information content (AvgIpc) is 3.22. The Morgan fingerprint density at radius 1 is 1.19 bits per heavy atom. The maximum Gasteiger partial charge on any atom is 0.335 e. The molecule has 0 saturated heterocycles. The second-order valence-corrected chi connectivity index (χ2v) is 6.26. The number of aromatic carboxylic acids is 1. The van der Waals surface area contributed by atoms with E-state index >= 15 is 0 Å². The number of nitrogens with one attached hydrogen (secondary N) is 1. The first-order chi connectivity index (χ1) is 12.8. The molecule has 1 unspecified atom stereocenters. The summed E-state index contributed by atoms with van der Waals surface area (Å²) in [7, 11) is 1.70. The molecule has 2 heterocycles. The summed E-state index contributed by atoms with van der Waals surface area (Å²) in [6.45, 7) is 1.73. The summed E-state index contributed by atoms with van der Waals surface area (Å²) in [5.74, 6) is -4.31. The fourth-order valence-electron chi connectivity index (χ4n) is 3.14. The van der Waals surface area contributed by atoms with E-state index in [2.05, 4.69) is 15.0 Å². The molecule has 138 valence electrons. The second-order valence-electron chi connectivity index (χ2n) is 6.26. The Labute approximate surface area is 150 Å². The van der Waals surface area contributed by atoms with Gasteiger partial charge in [0, 0.05) is 13.1 Å². The number of aromatic amines is 1. The van der Waals surface area contributed by atoms with Crippen LogP contribution >= 0.6 is 0 Å². The molecule has 0 aliphatic heterocycles. The van der Waals surface area contributed by atoms with E-state index in [1.165, 1.54) is 12.1 Å². The Bertz CT molecular complexity index is 1230. The third-order valence-corrected chi connectivity index (χ3v) is 4.59. The molecule has 1 atom stereocenters. The quantitative estimate of drug-likeness (QED) is 0.536. The van der Waals surface area contributed by atoms with Crippen LogP contribution in [0.1, 0.15) is 34.8 Å². The zero-order valence-electron chi connectivity index (χ0n) is 14.2. The molecule has 0 bridgehead atoms. The number of H-pyrrole nitrogens is 1. The minimum atomic E-state index is -1.30. The highest BCUT2D eigenvalue weighted by Gasteiger charge is 2.23. The number of benzene rings is 2. The predicted molar refractivity (Wildman–Crippen MR) is 91.2 cm³/mol. The van der Waals surface area contributed by atoms with E-state index in [-0.39, 0.29) is 22.4 Å². The van der Waals surface area contributed by atoms with Crippen LogP contribution in [0.25, 0.3) is 22.1 Å². The van der Waals surface area contributed by atoms with E-state index in [4.69, 9.17) is 5.11 Å². The van der Waals surface area contributed by atoms with Gasteiger partial charge < -0.3 is 14.7 Å². The van der Waals surface area contributed by atoms with Crippen molar-refractivity contribution in [2.45, 2.75) is 12.8 Å². The molecule has 0 radical (unpaired) electrons. The molecule has 2 aromatic carbocycles. The van der Waals surface area contributed by atoms with Gasteiger partial charge in [-0.1, -0.05) is 0 Å². The minimum Gasteiger partial charge on any atom is -0.478 e. The maximum absolute atomic E-state index is 13.9. The van der Waals surface area contributed by atoms with Gasteiger partial charge in [0.25, 0.3) is 0 Å². The molecule has 4 aromatic rings. The summed E-state index contributed by atoms with van der Waals surface area (Å²) in [5, 5.41) is 9.14. The van der Waals surface area contributed by atoms with Gasteiger partial charge in [-0.3, -0.25) is 0 Å². The van der Waals surface area contributed by atoms with Crippen molar-refractivity contribution in [2.24, 2.45) is 7.05 Å².